The van der Waals surface area contributed by atoms with Gasteiger partial charge in [-0.2, -0.15) is 0 Å². The summed E-state index contributed by atoms with van der Waals surface area (Å²) in [7, 11) is 0. The molecule has 0 unspecified atom stereocenters. The number of likely N-dealkylation sites (tertiary alicyclic amines) is 1. The lowest BCUT2D eigenvalue weighted by Crippen LogP contribution is -2.41. The lowest BCUT2D eigenvalue weighted by Gasteiger charge is -2.35. The smallest absolute Gasteiger partial charge is 0.233 e. The van der Waals surface area contributed by atoms with Gasteiger partial charge in [-0.15, -0.1) is 11.8 Å². The largest absolute Gasteiger partial charge is 0.355 e. The molecule has 25 heavy (non-hydrogen) atoms. The molecular formula is C20H31ClN2OS. The van der Waals surface area contributed by atoms with Crippen molar-refractivity contribution >= 4 is 29.3 Å². The monoisotopic (exact) mass is 382 g/mol. The Morgan fingerprint density at radius 1 is 1.32 bits per heavy atom. The molecule has 2 rings (SSSR count). The molecule has 0 radical (unpaired) electrons. The normalized spacial score (nSPS) is 19.6. The van der Waals surface area contributed by atoms with Crippen molar-refractivity contribution in [3.63, 3.8) is 0 Å². The van der Waals surface area contributed by atoms with Gasteiger partial charge in [0.15, 0.2) is 0 Å². The van der Waals surface area contributed by atoms with E-state index in [0.29, 0.717) is 0 Å². The lowest BCUT2D eigenvalue weighted by atomic mass is 10.00. The molecule has 2 atom stereocenters. The summed E-state index contributed by atoms with van der Waals surface area (Å²) in [5.41, 5.74) is 0. The number of piperidine rings is 1. The number of carbonyl (C=O) groups is 1. The zero-order chi connectivity index (χ0) is 18.1. The van der Waals surface area contributed by atoms with Crippen LogP contribution in [-0.4, -0.2) is 41.7 Å². The van der Waals surface area contributed by atoms with Gasteiger partial charge in [-0.3, -0.25) is 4.79 Å². The maximum absolute atomic E-state index is 12.4. The predicted octanol–water partition coefficient (Wildman–Crippen LogP) is 4.98. The van der Waals surface area contributed by atoms with Crippen molar-refractivity contribution in [2.24, 2.45) is 0 Å². The number of amides is 1. The Bertz CT molecular complexity index is 523. The molecule has 0 aliphatic carbocycles. The fourth-order valence-corrected chi connectivity index (χ4v) is 4.53. The van der Waals surface area contributed by atoms with Crippen molar-refractivity contribution in [2.75, 3.05) is 19.6 Å². The summed E-state index contributed by atoms with van der Waals surface area (Å²) in [6.45, 7) is 7.43. The molecular weight excluding hydrogens is 352 g/mol. The number of hydrogen-bond donors (Lipinski definition) is 1. The van der Waals surface area contributed by atoms with E-state index in [4.69, 9.17) is 11.6 Å². The number of nitrogens with zero attached hydrogens (tertiary/aromatic N) is 1. The molecule has 1 N–H and O–H groups in total. The molecule has 0 saturated carbocycles. The minimum Gasteiger partial charge on any atom is -0.355 e. The van der Waals surface area contributed by atoms with Crippen LogP contribution in [0.15, 0.2) is 29.2 Å². The van der Waals surface area contributed by atoms with E-state index in [2.05, 4.69) is 24.1 Å². The van der Waals surface area contributed by atoms with E-state index >= 15 is 0 Å². The highest BCUT2D eigenvalue weighted by molar-refractivity contribution is 8.00. The van der Waals surface area contributed by atoms with Crippen molar-refractivity contribution < 1.29 is 4.79 Å². The van der Waals surface area contributed by atoms with Crippen molar-refractivity contribution in [1.29, 1.82) is 0 Å². The average molecular weight is 383 g/mol. The Morgan fingerprint density at radius 3 is 2.76 bits per heavy atom. The predicted molar refractivity (Wildman–Crippen MR) is 109 cm³/mol. The third-order valence-corrected chi connectivity index (χ3v) is 6.53. The fraction of sp³-hybridized carbons (Fsp3) is 0.650. The Balaban J connectivity index is 1.71. The molecule has 3 nitrogen and oxygen atoms in total. The molecule has 1 aliphatic heterocycles. The summed E-state index contributed by atoms with van der Waals surface area (Å²) in [6, 6.07) is 8.44. The van der Waals surface area contributed by atoms with Crippen LogP contribution in [0.25, 0.3) is 0 Å². The molecule has 140 valence electrons. The van der Waals surface area contributed by atoms with Gasteiger partial charge in [0.25, 0.3) is 0 Å². The highest BCUT2D eigenvalue weighted by Crippen LogP contribution is 2.26. The van der Waals surface area contributed by atoms with E-state index in [1.807, 2.05) is 24.3 Å². The molecule has 1 fully saturated rings. The number of thioether (sulfide) groups is 1. The summed E-state index contributed by atoms with van der Waals surface area (Å²) in [6.07, 6.45) is 7.11. The second-order valence-electron chi connectivity index (χ2n) is 6.71. The van der Waals surface area contributed by atoms with Gasteiger partial charge in [-0.25, -0.2) is 0 Å². The Kier molecular flexibility index (Phi) is 9.14. The fourth-order valence-electron chi connectivity index (χ4n) is 3.42. The molecule has 1 amide bonds. The third-order valence-electron chi connectivity index (χ3n) is 4.90. The Labute approximate surface area is 161 Å². The van der Waals surface area contributed by atoms with Crippen LogP contribution in [0.1, 0.15) is 52.4 Å². The van der Waals surface area contributed by atoms with Crippen LogP contribution < -0.4 is 5.32 Å². The summed E-state index contributed by atoms with van der Waals surface area (Å²) in [4.78, 5) is 16.1. The molecule has 0 spiro atoms. The number of nitrogens with one attached hydrogen (secondary N) is 1. The van der Waals surface area contributed by atoms with Crippen LogP contribution in [0.2, 0.25) is 5.02 Å². The zero-order valence-electron chi connectivity index (χ0n) is 15.5. The van der Waals surface area contributed by atoms with Gasteiger partial charge in [0.2, 0.25) is 5.91 Å². The van der Waals surface area contributed by atoms with Crippen molar-refractivity contribution in [3.8, 4) is 0 Å². The van der Waals surface area contributed by atoms with E-state index in [-0.39, 0.29) is 11.2 Å². The van der Waals surface area contributed by atoms with E-state index in [0.717, 1.165) is 41.9 Å². The van der Waals surface area contributed by atoms with Crippen LogP contribution >= 0.6 is 23.4 Å². The first-order valence-electron chi connectivity index (χ1n) is 9.58. The average Bonchev–Trinajstić information content (AvgIpc) is 2.64. The number of rotatable bonds is 9. The molecule has 1 heterocycles. The Hall–Kier alpha value is -0.710. The maximum Gasteiger partial charge on any atom is 0.233 e. The van der Waals surface area contributed by atoms with Gasteiger partial charge in [0.05, 0.1) is 5.25 Å². The van der Waals surface area contributed by atoms with Gasteiger partial charge >= 0.3 is 0 Å². The minimum atomic E-state index is -0.0421. The Morgan fingerprint density at radius 2 is 2.08 bits per heavy atom. The topological polar surface area (TPSA) is 32.3 Å². The highest BCUT2D eigenvalue weighted by atomic mass is 35.5. The molecule has 1 aromatic rings. The number of halogens is 1. The van der Waals surface area contributed by atoms with Crippen LogP contribution in [0.5, 0.6) is 0 Å². The van der Waals surface area contributed by atoms with Crippen LogP contribution in [0, 0.1) is 0 Å². The third kappa shape index (κ3) is 6.84. The van der Waals surface area contributed by atoms with E-state index in [1.165, 1.54) is 32.2 Å². The zero-order valence-corrected chi connectivity index (χ0v) is 17.0. The quantitative estimate of drug-likeness (QED) is 0.482. The summed E-state index contributed by atoms with van der Waals surface area (Å²) in [5, 5.41) is 3.81. The van der Waals surface area contributed by atoms with E-state index < -0.39 is 0 Å². The molecule has 5 heteroatoms. The van der Waals surface area contributed by atoms with E-state index in [9.17, 15) is 4.79 Å². The van der Waals surface area contributed by atoms with Crippen LogP contribution in [-0.2, 0) is 4.79 Å². The standard InChI is InChI=1S/C20H31ClN2OS/c1-3-17-8-5-6-14-23(17)15-7-13-22-20(24)19(4-2)25-18-11-9-16(21)10-12-18/h9-12,17,19H,3-8,13-15H2,1-2H3,(H,22,24)/t17-,19+/m0/s1. The van der Waals surface area contributed by atoms with Crippen molar-refractivity contribution in [2.45, 2.75) is 68.6 Å². The van der Waals surface area contributed by atoms with Gasteiger partial charge in [0.1, 0.15) is 0 Å². The first kappa shape index (κ1) is 20.6. The highest BCUT2D eigenvalue weighted by Gasteiger charge is 2.21. The summed E-state index contributed by atoms with van der Waals surface area (Å²) in [5.74, 6) is 0.146. The van der Waals surface area contributed by atoms with Gasteiger partial charge in [-0.1, -0.05) is 31.9 Å². The van der Waals surface area contributed by atoms with E-state index in [1.54, 1.807) is 11.8 Å². The minimum absolute atomic E-state index is 0.0421. The molecule has 0 aromatic heterocycles. The van der Waals surface area contributed by atoms with Gasteiger partial charge < -0.3 is 10.2 Å². The number of carbonyl (C=O) groups excluding carboxylic acids is 1. The molecule has 1 aliphatic rings. The molecule has 1 aromatic carbocycles. The van der Waals surface area contributed by atoms with Crippen LogP contribution in [0.4, 0.5) is 0 Å². The van der Waals surface area contributed by atoms with Gasteiger partial charge in [-0.05, 0) is 62.9 Å². The first-order chi connectivity index (χ1) is 12.1. The maximum atomic E-state index is 12.4. The second-order valence-corrected chi connectivity index (χ2v) is 8.42. The SMILES string of the molecule is CC[C@H]1CCCCN1CCCNC(=O)[C@@H](CC)Sc1ccc(Cl)cc1. The summed E-state index contributed by atoms with van der Waals surface area (Å²) < 4.78 is 0. The number of benzene rings is 1. The van der Waals surface area contributed by atoms with Gasteiger partial charge in [0, 0.05) is 29.0 Å². The lowest BCUT2D eigenvalue weighted by molar-refractivity contribution is -0.120. The second kappa shape index (κ2) is 11.1. The molecule has 1 saturated heterocycles. The first-order valence-corrected chi connectivity index (χ1v) is 10.8. The number of hydrogen-bond acceptors (Lipinski definition) is 3. The van der Waals surface area contributed by atoms with Crippen LogP contribution in [0.3, 0.4) is 0 Å². The molecule has 0 bridgehead atoms. The summed E-state index contributed by atoms with van der Waals surface area (Å²) >= 11 is 7.54. The van der Waals surface area contributed by atoms with Crippen molar-refractivity contribution in [3.05, 3.63) is 29.3 Å². The van der Waals surface area contributed by atoms with Crippen molar-refractivity contribution in [1.82, 2.24) is 10.2 Å².